The zero-order valence-corrected chi connectivity index (χ0v) is 8.70. The molecule has 0 spiro atoms. The minimum Gasteiger partial charge on any atom is -0.298 e. The molecule has 0 amide bonds. The Morgan fingerprint density at radius 1 is 1.45 bits per heavy atom. The van der Waals surface area contributed by atoms with E-state index in [1.807, 2.05) is 6.26 Å². The molecule has 0 aromatic carbocycles. The standard InChI is InChI=1S/C6H4Cl2OS2/c1-10-4-3(2-9)5(7)11-6(4)8/h2H,1H3. The summed E-state index contributed by atoms with van der Waals surface area (Å²) in [6, 6.07) is 0. The maximum absolute atomic E-state index is 10.5. The minimum atomic E-state index is 0.467. The molecule has 0 N–H and O–H groups in total. The average Bonchev–Trinajstić information content (AvgIpc) is 2.24. The predicted molar refractivity (Wildman–Crippen MR) is 51.5 cm³/mol. The Balaban J connectivity index is 3.28. The number of thioether (sulfide) groups is 1. The lowest BCUT2D eigenvalue weighted by Crippen LogP contribution is -1.77. The first-order valence-electron chi connectivity index (χ1n) is 2.67. The normalized spacial score (nSPS) is 10.1. The first kappa shape index (κ1) is 9.39. The van der Waals surface area contributed by atoms with Crippen molar-refractivity contribution < 1.29 is 4.79 Å². The zero-order chi connectivity index (χ0) is 8.43. The number of aldehydes is 1. The van der Waals surface area contributed by atoms with Crippen LogP contribution < -0.4 is 0 Å². The Morgan fingerprint density at radius 3 is 2.45 bits per heavy atom. The van der Waals surface area contributed by atoms with Crippen molar-refractivity contribution in [1.82, 2.24) is 0 Å². The van der Waals surface area contributed by atoms with Crippen molar-refractivity contribution in [3.05, 3.63) is 14.2 Å². The van der Waals surface area contributed by atoms with Crippen molar-refractivity contribution in [2.75, 3.05) is 6.26 Å². The predicted octanol–water partition coefficient (Wildman–Crippen LogP) is 3.59. The van der Waals surface area contributed by atoms with E-state index in [0.29, 0.717) is 14.2 Å². The highest BCUT2D eigenvalue weighted by molar-refractivity contribution is 7.99. The Labute approximate surface area is 82.7 Å². The Kier molecular flexibility index (Phi) is 3.25. The van der Waals surface area contributed by atoms with Gasteiger partial charge >= 0.3 is 0 Å². The number of hydrogen-bond acceptors (Lipinski definition) is 3. The largest absolute Gasteiger partial charge is 0.298 e. The molecule has 0 saturated carbocycles. The molecule has 0 aliphatic heterocycles. The Bertz CT molecular complexity index is 282. The first-order chi connectivity index (χ1) is 5.20. The molecule has 1 aromatic heterocycles. The van der Waals surface area contributed by atoms with E-state index in [4.69, 9.17) is 23.2 Å². The molecule has 0 fully saturated rings. The van der Waals surface area contributed by atoms with Gasteiger partial charge in [0.1, 0.15) is 8.67 Å². The van der Waals surface area contributed by atoms with E-state index in [0.717, 1.165) is 11.2 Å². The van der Waals surface area contributed by atoms with Crippen LogP contribution in [-0.2, 0) is 0 Å². The van der Waals surface area contributed by atoms with Crippen molar-refractivity contribution >= 4 is 52.6 Å². The van der Waals surface area contributed by atoms with Crippen LogP contribution in [0.3, 0.4) is 0 Å². The van der Waals surface area contributed by atoms with Crippen LogP contribution in [0.1, 0.15) is 10.4 Å². The van der Waals surface area contributed by atoms with Gasteiger partial charge in [0, 0.05) is 4.90 Å². The molecule has 1 aromatic rings. The van der Waals surface area contributed by atoms with Gasteiger partial charge in [-0.05, 0) is 6.26 Å². The summed E-state index contributed by atoms with van der Waals surface area (Å²) in [4.78, 5) is 11.2. The summed E-state index contributed by atoms with van der Waals surface area (Å²) in [6.07, 6.45) is 2.59. The summed E-state index contributed by atoms with van der Waals surface area (Å²) in [7, 11) is 0. The number of carbonyl (C=O) groups is 1. The molecule has 0 bridgehead atoms. The van der Waals surface area contributed by atoms with Crippen molar-refractivity contribution in [3.63, 3.8) is 0 Å². The van der Waals surface area contributed by atoms with Gasteiger partial charge in [-0.2, -0.15) is 0 Å². The summed E-state index contributed by atoms with van der Waals surface area (Å²) in [5, 5.41) is 0. The van der Waals surface area contributed by atoms with E-state index < -0.39 is 0 Å². The van der Waals surface area contributed by atoms with Gasteiger partial charge in [0.2, 0.25) is 0 Å². The van der Waals surface area contributed by atoms with Gasteiger partial charge in [-0.15, -0.1) is 23.1 Å². The van der Waals surface area contributed by atoms with Crippen LogP contribution in [-0.4, -0.2) is 12.5 Å². The topological polar surface area (TPSA) is 17.1 Å². The monoisotopic (exact) mass is 226 g/mol. The first-order valence-corrected chi connectivity index (χ1v) is 5.47. The van der Waals surface area contributed by atoms with Crippen molar-refractivity contribution in [3.8, 4) is 0 Å². The van der Waals surface area contributed by atoms with Gasteiger partial charge < -0.3 is 0 Å². The molecule has 60 valence electrons. The van der Waals surface area contributed by atoms with Crippen LogP contribution in [0, 0.1) is 0 Å². The maximum atomic E-state index is 10.5. The third-order valence-corrected chi connectivity index (χ3v) is 3.85. The molecule has 11 heavy (non-hydrogen) atoms. The Hall–Kier alpha value is 0.300. The smallest absolute Gasteiger partial charge is 0.153 e. The van der Waals surface area contributed by atoms with Crippen molar-refractivity contribution in [2.24, 2.45) is 0 Å². The number of halogens is 2. The summed E-state index contributed by atoms with van der Waals surface area (Å²) in [5.41, 5.74) is 0.508. The molecule has 0 unspecified atom stereocenters. The number of carbonyl (C=O) groups excluding carboxylic acids is 1. The summed E-state index contributed by atoms with van der Waals surface area (Å²) < 4.78 is 1.05. The zero-order valence-electron chi connectivity index (χ0n) is 5.56. The summed E-state index contributed by atoms with van der Waals surface area (Å²) in [5.74, 6) is 0. The fourth-order valence-corrected chi connectivity index (χ4v) is 3.37. The molecule has 0 aliphatic rings. The van der Waals surface area contributed by atoms with Crippen LogP contribution in [0.25, 0.3) is 0 Å². The van der Waals surface area contributed by atoms with E-state index in [1.54, 1.807) is 0 Å². The quantitative estimate of drug-likeness (QED) is 0.567. The molecule has 0 saturated heterocycles. The Morgan fingerprint density at radius 2 is 2.09 bits per heavy atom. The molecular weight excluding hydrogens is 223 g/mol. The van der Waals surface area contributed by atoms with Gasteiger partial charge in [-0.25, -0.2) is 0 Å². The molecule has 5 heteroatoms. The summed E-state index contributed by atoms with van der Waals surface area (Å²) in [6.45, 7) is 0. The highest BCUT2D eigenvalue weighted by Crippen LogP contribution is 2.40. The van der Waals surface area contributed by atoms with Crippen molar-refractivity contribution in [1.29, 1.82) is 0 Å². The van der Waals surface area contributed by atoms with Gasteiger partial charge in [-0.1, -0.05) is 23.2 Å². The van der Waals surface area contributed by atoms with E-state index in [1.165, 1.54) is 23.1 Å². The highest BCUT2D eigenvalue weighted by atomic mass is 35.5. The van der Waals surface area contributed by atoms with E-state index in [-0.39, 0.29) is 0 Å². The molecule has 1 heterocycles. The molecule has 1 rings (SSSR count). The lowest BCUT2D eigenvalue weighted by atomic mass is 10.4. The molecule has 0 radical (unpaired) electrons. The molecule has 0 aliphatic carbocycles. The maximum Gasteiger partial charge on any atom is 0.153 e. The van der Waals surface area contributed by atoms with E-state index in [9.17, 15) is 4.79 Å². The van der Waals surface area contributed by atoms with Gasteiger partial charge in [0.05, 0.1) is 5.56 Å². The van der Waals surface area contributed by atoms with Crippen LogP contribution in [0.5, 0.6) is 0 Å². The SMILES string of the molecule is CSc1c(Cl)sc(Cl)c1C=O. The average molecular weight is 227 g/mol. The van der Waals surface area contributed by atoms with E-state index >= 15 is 0 Å². The second kappa shape index (κ2) is 3.81. The second-order valence-corrected chi connectivity index (χ2v) is 4.76. The second-order valence-electron chi connectivity index (χ2n) is 1.71. The molecule has 1 nitrogen and oxygen atoms in total. The minimum absolute atomic E-state index is 0.467. The fourth-order valence-electron chi connectivity index (χ4n) is 0.665. The highest BCUT2D eigenvalue weighted by Gasteiger charge is 2.13. The summed E-state index contributed by atoms with van der Waals surface area (Å²) >= 11 is 14.2. The third kappa shape index (κ3) is 1.72. The number of rotatable bonds is 2. The fraction of sp³-hybridized carbons (Fsp3) is 0.167. The molecular formula is C6H4Cl2OS2. The van der Waals surface area contributed by atoms with Crippen LogP contribution >= 0.6 is 46.3 Å². The number of hydrogen-bond donors (Lipinski definition) is 0. The molecule has 0 atom stereocenters. The van der Waals surface area contributed by atoms with Crippen LogP contribution in [0.15, 0.2) is 4.90 Å². The van der Waals surface area contributed by atoms with Crippen LogP contribution in [0.4, 0.5) is 0 Å². The lowest BCUT2D eigenvalue weighted by molar-refractivity contribution is 0.112. The number of thiophene rings is 1. The lowest BCUT2D eigenvalue weighted by Gasteiger charge is -1.91. The van der Waals surface area contributed by atoms with Crippen LogP contribution in [0.2, 0.25) is 8.67 Å². The van der Waals surface area contributed by atoms with Gasteiger partial charge in [0.25, 0.3) is 0 Å². The van der Waals surface area contributed by atoms with Gasteiger partial charge in [0.15, 0.2) is 6.29 Å². The van der Waals surface area contributed by atoms with Gasteiger partial charge in [-0.3, -0.25) is 4.79 Å². The third-order valence-electron chi connectivity index (χ3n) is 1.14. The van der Waals surface area contributed by atoms with E-state index in [2.05, 4.69) is 0 Å². The van der Waals surface area contributed by atoms with Crippen molar-refractivity contribution in [2.45, 2.75) is 4.90 Å².